The average molecular weight is 390 g/mol. The van der Waals surface area contributed by atoms with Gasteiger partial charge in [-0.3, -0.25) is 0 Å². The molecule has 1 aromatic heterocycles. The van der Waals surface area contributed by atoms with Crippen LogP contribution in [0.25, 0.3) is 10.4 Å². The SMILES string of the molecule is COCCOC(=O)C1=C(C)NC(=O)N[C@H]1c1ccc(-c2cccs2)cc1F. The molecule has 142 valence electrons. The number of carbonyl (C=O) groups excluding carboxylic acids is 2. The summed E-state index contributed by atoms with van der Waals surface area (Å²) in [6.45, 7) is 1.88. The lowest BCUT2D eigenvalue weighted by Crippen LogP contribution is -2.45. The fourth-order valence-electron chi connectivity index (χ4n) is 2.85. The highest BCUT2D eigenvalue weighted by Crippen LogP contribution is 2.32. The quantitative estimate of drug-likeness (QED) is 0.586. The molecule has 6 nitrogen and oxygen atoms in total. The van der Waals surface area contributed by atoms with E-state index in [1.807, 2.05) is 17.5 Å². The second kappa shape index (κ2) is 8.32. The van der Waals surface area contributed by atoms with E-state index in [-0.39, 0.29) is 24.4 Å². The largest absolute Gasteiger partial charge is 0.460 e. The van der Waals surface area contributed by atoms with Crippen molar-refractivity contribution in [3.63, 3.8) is 0 Å². The van der Waals surface area contributed by atoms with E-state index < -0.39 is 23.9 Å². The maximum atomic E-state index is 14.9. The number of urea groups is 1. The molecule has 2 N–H and O–H groups in total. The zero-order valence-corrected chi connectivity index (χ0v) is 15.7. The number of allylic oxidation sites excluding steroid dienone is 1. The summed E-state index contributed by atoms with van der Waals surface area (Å²) in [5, 5.41) is 7.04. The summed E-state index contributed by atoms with van der Waals surface area (Å²) in [4.78, 5) is 25.3. The second-order valence-electron chi connectivity index (χ2n) is 5.91. The van der Waals surface area contributed by atoms with Gasteiger partial charge in [0.2, 0.25) is 0 Å². The summed E-state index contributed by atoms with van der Waals surface area (Å²) in [6.07, 6.45) is 0. The van der Waals surface area contributed by atoms with Crippen molar-refractivity contribution in [3.8, 4) is 10.4 Å². The number of methoxy groups -OCH3 is 1. The van der Waals surface area contributed by atoms with Crippen LogP contribution in [0.2, 0.25) is 0 Å². The maximum absolute atomic E-state index is 14.9. The molecule has 0 saturated heterocycles. The van der Waals surface area contributed by atoms with Crippen molar-refractivity contribution in [1.82, 2.24) is 10.6 Å². The maximum Gasteiger partial charge on any atom is 0.338 e. The minimum atomic E-state index is -0.939. The van der Waals surface area contributed by atoms with E-state index in [1.165, 1.54) is 24.5 Å². The number of rotatable bonds is 6. The fraction of sp³-hybridized carbons (Fsp3) is 0.263. The number of hydrogen-bond acceptors (Lipinski definition) is 5. The molecule has 3 rings (SSSR count). The second-order valence-corrected chi connectivity index (χ2v) is 6.86. The molecule has 1 atom stereocenters. The number of thiophene rings is 1. The van der Waals surface area contributed by atoms with Gasteiger partial charge in [0, 0.05) is 23.2 Å². The molecule has 27 heavy (non-hydrogen) atoms. The summed E-state index contributed by atoms with van der Waals surface area (Å²) in [7, 11) is 1.49. The summed E-state index contributed by atoms with van der Waals surface area (Å²) in [6, 6.07) is 7.09. The Morgan fingerprint density at radius 2 is 2.11 bits per heavy atom. The molecule has 2 heterocycles. The smallest absolute Gasteiger partial charge is 0.338 e. The highest BCUT2D eigenvalue weighted by molar-refractivity contribution is 7.13. The highest BCUT2D eigenvalue weighted by Gasteiger charge is 2.33. The zero-order chi connectivity index (χ0) is 19.4. The third kappa shape index (κ3) is 4.17. The van der Waals surface area contributed by atoms with Crippen molar-refractivity contribution in [3.05, 3.63) is 58.4 Å². The molecule has 0 radical (unpaired) electrons. The Hall–Kier alpha value is -2.71. The van der Waals surface area contributed by atoms with Crippen molar-refractivity contribution < 1.29 is 23.5 Å². The van der Waals surface area contributed by atoms with E-state index in [1.54, 1.807) is 19.1 Å². The van der Waals surface area contributed by atoms with Crippen LogP contribution in [0.5, 0.6) is 0 Å². The topological polar surface area (TPSA) is 76.7 Å². The molecule has 1 aromatic carbocycles. The number of amides is 2. The molecule has 1 aliphatic rings. The molecule has 0 saturated carbocycles. The van der Waals surface area contributed by atoms with E-state index in [0.29, 0.717) is 5.70 Å². The van der Waals surface area contributed by atoms with Gasteiger partial charge in [0.15, 0.2) is 0 Å². The van der Waals surface area contributed by atoms with E-state index in [2.05, 4.69) is 10.6 Å². The summed E-state index contributed by atoms with van der Waals surface area (Å²) < 4.78 is 24.9. The van der Waals surface area contributed by atoms with Crippen LogP contribution in [-0.2, 0) is 14.3 Å². The molecule has 2 aromatic rings. The first-order chi connectivity index (χ1) is 13.0. The summed E-state index contributed by atoms with van der Waals surface area (Å²) >= 11 is 1.50. The lowest BCUT2D eigenvalue weighted by Gasteiger charge is -2.28. The van der Waals surface area contributed by atoms with Crippen LogP contribution in [0.3, 0.4) is 0 Å². The van der Waals surface area contributed by atoms with Crippen molar-refractivity contribution in [1.29, 1.82) is 0 Å². The van der Waals surface area contributed by atoms with E-state index >= 15 is 0 Å². The third-order valence-electron chi connectivity index (χ3n) is 4.13. The molecule has 1 aliphatic heterocycles. The van der Waals surface area contributed by atoms with Gasteiger partial charge in [0.1, 0.15) is 12.4 Å². The van der Waals surface area contributed by atoms with Gasteiger partial charge in [0.25, 0.3) is 0 Å². The van der Waals surface area contributed by atoms with Crippen molar-refractivity contribution in [2.75, 3.05) is 20.3 Å². The Bertz CT molecular complexity index is 880. The van der Waals surface area contributed by atoms with Crippen LogP contribution < -0.4 is 10.6 Å². The molecule has 0 aliphatic carbocycles. The van der Waals surface area contributed by atoms with Gasteiger partial charge in [-0.05, 0) is 30.0 Å². The predicted octanol–water partition coefficient (Wildman–Crippen LogP) is 3.37. The first-order valence-corrected chi connectivity index (χ1v) is 9.17. The third-order valence-corrected chi connectivity index (χ3v) is 5.05. The van der Waals surface area contributed by atoms with E-state index in [9.17, 15) is 14.0 Å². The normalized spacial score (nSPS) is 16.7. The monoisotopic (exact) mass is 390 g/mol. The molecule has 8 heteroatoms. The van der Waals surface area contributed by atoms with Crippen LogP contribution in [0.15, 0.2) is 47.0 Å². The number of carbonyl (C=O) groups is 2. The Labute approximate surface area is 160 Å². The number of ether oxygens (including phenoxy) is 2. The number of halogens is 1. The molecular formula is C19H19FN2O4S. The van der Waals surface area contributed by atoms with Gasteiger partial charge in [-0.25, -0.2) is 14.0 Å². The number of benzene rings is 1. The Balaban J connectivity index is 1.93. The molecule has 0 unspecified atom stereocenters. The standard InChI is InChI=1S/C19H19FN2O4S/c1-11-16(18(23)26-8-7-25-2)17(22-19(24)21-11)13-6-5-12(10-14(13)20)15-4-3-9-27-15/h3-6,9-10,17H,7-8H2,1-2H3,(H2,21,22,24)/t17-/m0/s1. The highest BCUT2D eigenvalue weighted by atomic mass is 32.1. The average Bonchev–Trinajstić information content (AvgIpc) is 3.15. The van der Waals surface area contributed by atoms with Crippen LogP contribution >= 0.6 is 11.3 Å². The van der Waals surface area contributed by atoms with E-state index in [4.69, 9.17) is 9.47 Å². The van der Waals surface area contributed by atoms with Crippen LogP contribution in [0.1, 0.15) is 18.5 Å². The van der Waals surface area contributed by atoms with Crippen molar-refractivity contribution in [2.45, 2.75) is 13.0 Å². The lowest BCUT2D eigenvalue weighted by atomic mass is 9.94. The van der Waals surface area contributed by atoms with Gasteiger partial charge >= 0.3 is 12.0 Å². The molecule has 0 bridgehead atoms. The number of nitrogens with one attached hydrogen (secondary N) is 2. The molecular weight excluding hydrogens is 371 g/mol. The Kier molecular flexibility index (Phi) is 5.88. The van der Waals surface area contributed by atoms with Crippen LogP contribution in [-0.4, -0.2) is 32.3 Å². The summed E-state index contributed by atoms with van der Waals surface area (Å²) in [5.74, 6) is -1.15. The van der Waals surface area contributed by atoms with Crippen LogP contribution in [0.4, 0.5) is 9.18 Å². The van der Waals surface area contributed by atoms with Gasteiger partial charge < -0.3 is 20.1 Å². The van der Waals surface area contributed by atoms with Gasteiger partial charge in [0.05, 0.1) is 18.2 Å². The van der Waals surface area contributed by atoms with Crippen molar-refractivity contribution in [2.24, 2.45) is 0 Å². The Morgan fingerprint density at radius 3 is 2.78 bits per heavy atom. The Morgan fingerprint density at radius 1 is 1.30 bits per heavy atom. The summed E-state index contributed by atoms with van der Waals surface area (Å²) in [5.41, 5.74) is 1.42. The first kappa shape index (κ1) is 19.1. The first-order valence-electron chi connectivity index (χ1n) is 8.29. The van der Waals surface area contributed by atoms with E-state index in [0.717, 1.165) is 10.4 Å². The molecule has 0 spiro atoms. The van der Waals surface area contributed by atoms with Crippen LogP contribution in [0, 0.1) is 5.82 Å². The minimum absolute atomic E-state index is 0.0621. The number of hydrogen-bond donors (Lipinski definition) is 2. The fourth-order valence-corrected chi connectivity index (χ4v) is 3.57. The van der Waals surface area contributed by atoms with Gasteiger partial charge in [-0.1, -0.05) is 18.2 Å². The lowest BCUT2D eigenvalue weighted by molar-refractivity contribution is -0.140. The van der Waals surface area contributed by atoms with Crippen molar-refractivity contribution >= 4 is 23.3 Å². The molecule has 2 amide bonds. The minimum Gasteiger partial charge on any atom is -0.460 e. The van der Waals surface area contributed by atoms with Gasteiger partial charge in [-0.15, -0.1) is 11.3 Å². The van der Waals surface area contributed by atoms with Gasteiger partial charge in [-0.2, -0.15) is 0 Å². The zero-order valence-electron chi connectivity index (χ0n) is 14.9. The predicted molar refractivity (Wildman–Crippen MR) is 99.7 cm³/mol. The molecule has 0 fully saturated rings. The number of esters is 1.